The van der Waals surface area contributed by atoms with Gasteiger partial charge < -0.3 is 5.11 Å². The molecule has 0 aliphatic heterocycles. The van der Waals surface area contributed by atoms with Crippen LogP contribution in [0.4, 0.5) is 10.5 Å². The summed E-state index contributed by atoms with van der Waals surface area (Å²) in [6, 6.07) is 6.34. The third-order valence-corrected chi connectivity index (χ3v) is 1.52. The predicted octanol–water partition coefficient (Wildman–Crippen LogP) is 1.03. The van der Waals surface area contributed by atoms with E-state index in [2.05, 4.69) is 5.92 Å². The molecule has 0 aromatic heterocycles. The van der Waals surface area contributed by atoms with Gasteiger partial charge in [0.1, 0.15) is 0 Å². The van der Waals surface area contributed by atoms with Gasteiger partial charge in [0.05, 0.1) is 5.69 Å². The first-order valence-electron chi connectivity index (χ1n) is 3.49. The molecule has 1 amide bonds. The third-order valence-electron chi connectivity index (χ3n) is 1.52. The second-order valence-corrected chi connectivity index (χ2v) is 2.34. The Morgan fingerprint density at radius 1 is 1.46 bits per heavy atom. The standard InChI is InChI=1S/C9H8N2O2/c1-2-7-3-5-8(6-4-7)11(10)9(12)13/h1,3-6H,10H2,(H,12,13). The molecule has 0 unspecified atom stereocenters. The molecule has 0 aliphatic carbocycles. The number of nitrogens with zero attached hydrogens (tertiary/aromatic N) is 1. The van der Waals surface area contributed by atoms with Gasteiger partial charge in [-0.3, -0.25) is 0 Å². The first-order chi connectivity index (χ1) is 6.15. The zero-order valence-corrected chi connectivity index (χ0v) is 6.77. The lowest BCUT2D eigenvalue weighted by Crippen LogP contribution is -2.35. The van der Waals surface area contributed by atoms with E-state index in [-0.39, 0.29) is 0 Å². The van der Waals surface area contributed by atoms with Crippen molar-refractivity contribution in [2.45, 2.75) is 0 Å². The normalized spacial score (nSPS) is 8.92. The molecule has 1 aromatic carbocycles. The van der Waals surface area contributed by atoms with Crippen molar-refractivity contribution in [3.05, 3.63) is 29.8 Å². The molecule has 3 N–H and O–H groups in total. The van der Waals surface area contributed by atoms with Crippen LogP contribution in [0, 0.1) is 12.3 Å². The molecule has 0 atom stereocenters. The van der Waals surface area contributed by atoms with Crippen molar-refractivity contribution in [2.75, 3.05) is 5.01 Å². The third kappa shape index (κ3) is 1.98. The highest BCUT2D eigenvalue weighted by molar-refractivity contribution is 5.84. The summed E-state index contributed by atoms with van der Waals surface area (Å²) in [6.07, 6.45) is 3.91. The van der Waals surface area contributed by atoms with Crippen LogP contribution in [0.15, 0.2) is 24.3 Å². The molecule has 4 nitrogen and oxygen atoms in total. The van der Waals surface area contributed by atoms with E-state index >= 15 is 0 Å². The molecular formula is C9H8N2O2. The zero-order chi connectivity index (χ0) is 9.84. The summed E-state index contributed by atoms with van der Waals surface area (Å²) in [7, 11) is 0. The first-order valence-corrected chi connectivity index (χ1v) is 3.49. The highest BCUT2D eigenvalue weighted by atomic mass is 16.4. The van der Waals surface area contributed by atoms with Crippen molar-refractivity contribution in [3.63, 3.8) is 0 Å². The molecule has 1 aromatic rings. The molecule has 0 fully saturated rings. The smallest absolute Gasteiger partial charge is 0.426 e. The molecular weight excluding hydrogens is 168 g/mol. The lowest BCUT2D eigenvalue weighted by molar-refractivity contribution is 0.202. The summed E-state index contributed by atoms with van der Waals surface area (Å²) >= 11 is 0. The van der Waals surface area contributed by atoms with Crippen LogP contribution < -0.4 is 10.9 Å². The van der Waals surface area contributed by atoms with Crippen molar-refractivity contribution >= 4 is 11.8 Å². The number of amides is 1. The van der Waals surface area contributed by atoms with Crippen molar-refractivity contribution in [1.29, 1.82) is 0 Å². The first kappa shape index (κ1) is 9.10. The molecule has 0 aliphatic rings. The molecule has 0 spiro atoms. The predicted molar refractivity (Wildman–Crippen MR) is 49.1 cm³/mol. The number of carboxylic acid groups (broad SMARTS) is 1. The number of hydrogen-bond acceptors (Lipinski definition) is 2. The average molecular weight is 176 g/mol. The Labute approximate surface area is 75.6 Å². The summed E-state index contributed by atoms with van der Waals surface area (Å²) in [5.74, 6) is 7.63. The Hall–Kier alpha value is -1.99. The van der Waals surface area contributed by atoms with E-state index in [1.165, 1.54) is 0 Å². The van der Waals surface area contributed by atoms with E-state index in [0.29, 0.717) is 16.3 Å². The van der Waals surface area contributed by atoms with Gasteiger partial charge in [0.15, 0.2) is 0 Å². The fraction of sp³-hybridized carbons (Fsp3) is 0. The summed E-state index contributed by atoms with van der Waals surface area (Å²) in [6.45, 7) is 0. The Balaban J connectivity index is 2.93. The number of hydrogen-bond donors (Lipinski definition) is 2. The van der Waals surface area contributed by atoms with Crippen LogP contribution in [0.5, 0.6) is 0 Å². The Morgan fingerprint density at radius 3 is 2.38 bits per heavy atom. The average Bonchev–Trinajstić information content (AvgIpc) is 2.17. The van der Waals surface area contributed by atoms with Crippen LogP contribution in [-0.2, 0) is 0 Å². The van der Waals surface area contributed by atoms with Crippen LogP contribution in [0.2, 0.25) is 0 Å². The maximum atomic E-state index is 10.4. The SMILES string of the molecule is C#Cc1ccc(N(N)C(=O)O)cc1. The van der Waals surface area contributed by atoms with Crippen LogP contribution in [0.1, 0.15) is 5.56 Å². The molecule has 0 heterocycles. The van der Waals surface area contributed by atoms with Crippen LogP contribution in [-0.4, -0.2) is 11.2 Å². The minimum absolute atomic E-state index is 0.381. The Bertz CT molecular complexity index is 351. The number of rotatable bonds is 1. The van der Waals surface area contributed by atoms with E-state index in [4.69, 9.17) is 17.4 Å². The van der Waals surface area contributed by atoms with E-state index in [1.807, 2.05) is 0 Å². The molecule has 13 heavy (non-hydrogen) atoms. The van der Waals surface area contributed by atoms with Gasteiger partial charge in [-0.25, -0.2) is 15.6 Å². The zero-order valence-electron chi connectivity index (χ0n) is 6.77. The van der Waals surface area contributed by atoms with Crippen LogP contribution in [0.3, 0.4) is 0 Å². The topological polar surface area (TPSA) is 66.6 Å². The molecule has 0 saturated heterocycles. The number of anilines is 1. The molecule has 0 radical (unpaired) electrons. The Morgan fingerprint density at radius 2 is 2.00 bits per heavy atom. The molecule has 1 rings (SSSR count). The number of carbonyl (C=O) groups is 1. The second-order valence-electron chi connectivity index (χ2n) is 2.34. The summed E-state index contributed by atoms with van der Waals surface area (Å²) in [5.41, 5.74) is 1.06. The summed E-state index contributed by atoms with van der Waals surface area (Å²) in [5, 5.41) is 9.15. The fourth-order valence-corrected chi connectivity index (χ4v) is 0.829. The van der Waals surface area contributed by atoms with E-state index < -0.39 is 6.09 Å². The fourth-order valence-electron chi connectivity index (χ4n) is 0.829. The Kier molecular flexibility index (Phi) is 2.52. The van der Waals surface area contributed by atoms with Crippen molar-refractivity contribution in [1.82, 2.24) is 0 Å². The van der Waals surface area contributed by atoms with Gasteiger partial charge >= 0.3 is 6.09 Å². The highest BCUT2D eigenvalue weighted by Crippen LogP contribution is 2.11. The van der Waals surface area contributed by atoms with Gasteiger partial charge in [-0.1, -0.05) is 5.92 Å². The lowest BCUT2D eigenvalue weighted by atomic mass is 10.2. The number of nitrogens with two attached hydrogens (primary N) is 1. The van der Waals surface area contributed by atoms with Gasteiger partial charge in [-0.15, -0.1) is 6.42 Å². The number of hydrazine groups is 1. The molecule has 66 valence electrons. The minimum atomic E-state index is -1.21. The maximum absolute atomic E-state index is 10.4. The van der Waals surface area contributed by atoms with Gasteiger partial charge in [-0.05, 0) is 24.3 Å². The van der Waals surface area contributed by atoms with Gasteiger partial charge in [0.2, 0.25) is 0 Å². The van der Waals surface area contributed by atoms with Gasteiger partial charge in [0, 0.05) is 5.56 Å². The minimum Gasteiger partial charge on any atom is -0.464 e. The summed E-state index contributed by atoms with van der Waals surface area (Å²) in [4.78, 5) is 10.4. The maximum Gasteiger partial charge on any atom is 0.426 e. The molecule has 4 heteroatoms. The quantitative estimate of drug-likeness (QED) is 0.290. The van der Waals surface area contributed by atoms with E-state index in [9.17, 15) is 4.79 Å². The van der Waals surface area contributed by atoms with Crippen molar-refractivity contribution < 1.29 is 9.90 Å². The highest BCUT2D eigenvalue weighted by Gasteiger charge is 2.07. The van der Waals surface area contributed by atoms with E-state index in [0.717, 1.165) is 0 Å². The lowest BCUT2D eigenvalue weighted by Gasteiger charge is -2.11. The summed E-state index contributed by atoms with van der Waals surface area (Å²) < 4.78 is 0. The second kappa shape index (κ2) is 3.61. The molecule has 0 saturated carbocycles. The number of terminal acetylenes is 1. The monoisotopic (exact) mass is 176 g/mol. The van der Waals surface area contributed by atoms with Gasteiger partial charge in [-0.2, -0.15) is 0 Å². The van der Waals surface area contributed by atoms with Crippen molar-refractivity contribution in [3.8, 4) is 12.3 Å². The molecule has 0 bridgehead atoms. The largest absolute Gasteiger partial charge is 0.464 e. The van der Waals surface area contributed by atoms with Crippen LogP contribution >= 0.6 is 0 Å². The van der Waals surface area contributed by atoms with Crippen LogP contribution in [0.25, 0.3) is 0 Å². The van der Waals surface area contributed by atoms with Gasteiger partial charge in [0.25, 0.3) is 0 Å². The van der Waals surface area contributed by atoms with E-state index in [1.54, 1.807) is 24.3 Å². The number of benzene rings is 1. The van der Waals surface area contributed by atoms with Crippen molar-refractivity contribution in [2.24, 2.45) is 5.84 Å².